The third-order valence-electron chi connectivity index (χ3n) is 6.38. The molecule has 0 unspecified atom stereocenters. The van der Waals surface area contributed by atoms with Gasteiger partial charge in [0.1, 0.15) is 10.7 Å². The second kappa shape index (κ2) is 11.0. The highest BCUT2D eigenvalue weighted by Gasteiger charge is 2.38. The van der Waals surface area contributed by atoms with Crippen LogP contribution < -0.4 is 15.4 Å². The van der Waals surface area contributed by atoms with Crippen molar-refractivity contribution in [3.8, 4) is 11.3 Å². The van der Waals surface area contributed by atoms with Crippen molar-refractivity contribution in [2.24, 2.45) is 0 Å². The fourth-order valence-electron chi connectivity index (χ4n) is 4.56. The maximum atomic E-state index is 14.9. The van der Waals surface area contributed by atoms with Crippen LogP contribution in [0.4, 0.5) is 15.2 Å². The standard InChI is InChI=1S/C26H25ClFN5O3S2/c27-20-11-24(38(35,36)33-25-30-9-10-37-25)21(28)12-23(20)31-16-26(14-19(34)15-32-26)13-17-4-6-18(7-5-17)22-3-1-2-8-29-22/h1-12,19,31-32,34H,13-16H2,(H,30,33)/t19-,26-/m0/s1. The number of halogens is 2. The van der Waals surface area contributed by atoms with Crippen molar-refractivity contribution in [2.45, 2.75) is 29.4 Å². The second-order valence-electron chi connectivity index (χ2n) is 9.17. The molecule has 1 aliphatic heterocycles. The maximum Gasteiger partial charge on any atom is 0.266 e. The highest BCUT2D eigenvalue weighted by molar-refractivity contribution is 7.93. The summed E-state index contributed by atoms with van der Waals surface area (Å²) in [6, 6.07) is 16.0. The molecule has 0 aliphatic carbocycles. The quantitative estimate of drug-likeness (QED) is 0.232. The summed E-state index contributed by atoms with van der Waals surface area (Å²) in [7, 11) is -4.21. The van der Waals surface area contributed by atoms with E-state index in [9.17, 15) is 17.9 Å². The Balaban J connectivity index is 1.32. The lowest BCUT2D eigenvalue weighted by Crippen LogP contribution is -2.48. The predicted molar refractivity (Wildman–Crippen MR) is 148 cm³/mol. The lowest BCUT2D eigenvalue weighted by molar-refractivity contribution is 0.185. The third kappa shape index (κ3) is 5.97. The lowest BCUT2D eigenvalue weighted by atomic mass is 9.88. The van der Waals surface area contributed by atoms with Crippen LogP contribution in [-0.2, 0) is 16.4 Å². The topological polar surface area (TPSA) is 116 Å². The Bertz CT molecular complexity index is 1510. The SMILES string of the molecule is O=S(=O)(Nc1nccs1)c1cc(Cl)c(NC[C@]2(Cc3ccc(-c4ccccn4)cc3)C[C@H](O)CN2)cc1F. The van der Waals surface area contributed by atoms with Crippen molar-refractivity contribution in [3.05, 3.63) is 88.8 Å². The van der Waals surface area contributed by atoms with E-state index in [2.05, 4.69) is 25.3 Å². The van der Waals surface area contributed by atoms with Crippen molar-refractivity contribution in [3.63, 3.8) is 0 Å². The average molecular weight is 574 g/mol. The molecule has 12 heteroatoms. The van der Waals surface area contributed by atoms with Crippen molar-refractivity contribution < 1.29 is 17.9 Å². The van der Waals surface area contributed by atoms with Gasteiger partial charge in [-0.2, -0.15) is 0 Å². The lowest BCUT2D eigenvalue weighted by Gasteiger charge is -2.31. The number of hydrogen-bond acceptors (Lipinski definition) is 8. The fraction of sp³-hybridized carbons (Fsp3) is 0.231. The zero-order valence-electron chi connectivity index (χ0n) is 20.1. The van der Waals surface area contributed by atoms with Crippen molar-refractivity contribution in [2.75, 3.05) is 23.1 Å². The number of thiazole rings is 1. The molecular formula is C26H25ClFN5O3S2. The Hall–Kier alpha value is -3.09. The number of aromatic nitrogens is 2. The summed E-state index contributed by atoms with van der Waals surface area (Å²) >= 11 is 7.45. The van der Waals surface area contributed by atoms with E-state index >= 15 is 0 Å². The largest absolute Gasteiger partial charge is 0.392 e. The Kier molecular flexibility index (Phi) is 7.64. The molecule has 38 heavy (non-hydrogen) atoms. The minimum Gasteiger partial charge on any atom is -0.392 e. The van der Waals surface area contributed by atoms with Crippen LogP contribution in [0.3, 0.4) is 0 Å². The van der Waals surface area contributed by atoms with Crippen LogP contribution in [0.15, 0.2) is 77.3 Å². The molecule has 4 aromatic rings. The normalized spacial score (nSPS) is 19.4. The number of sulfonamides is 1. The van der Waals surface area contributed by atoms with E-state index in [4.69, 9.17) is 11.6 Å². The van der Waals surface area contributed by atoms with E-state index in [1.54, 1.807) is 11.6 Å². The summed E-state index contributed by atoms with van der Waals surface area (Å²) < 4.78 is 42.5. The predicted octanol–water partition coefficient (Wildman–Crippen LogP) is 4.55. The Morgan fingerprint density at radius 3 is 2.63 bits per heavy atom. The molecule has 0 bridgehead atoms. The number of aliphatic hydroxyl groups excluding tert-OH is 1. The van der Waals surface area contributed by atoms with Crippen LogP contribution in [-0.4, -0.2) is 48.2 Å². The summed E-state index contributed by atoms with van der Waals surface area (Å²) in [6.07, 6.45) is 3.75. The van der Waals surface area contributed by atoms with E-state index in [0.29, 0.717) is 25.9 Å². The first kappa shape index (κ1) is 26.5. The number of anilines is 2. The Morgan fingerprint density at radius 2 is 1.97 bits per heavy atom. The Morgan fingerprint density at radius 1 is 1.16 bits per heavy atom. The zero-order valence-corrected chi connectivity index (χ0v) is 22.5. The van der Waals surface area contributed by atoms with E-state index in [1.807, 2.05) is 42.5 Å². The van der Waals surface area contributed by atoms with Gasteiger partial charge in [-0.15, -0.1) is 11.3 Å². The van der Waals surface area contributed by atoms with Gasteiger partial charge >= 0.3 is 0 Å². The molecule has 198 valence electrons. The molecule has 0 amide bonds. The van der Waals surface area contributed by atoms with Gasteiger partial charge in [0.2, 0.25) is 0 Å². The molecule has 2 atom stereocenters. The number of β-amino-alcohol motifs (C(OH)–C–C–N with tert-alkyl or cyclic N) is 1. The van der Waals surface area contributed by atoms with Gasteiger partial charge in [-0.05, 0) is 42.7 Å². The molecule has 4 N–H and O–H groups in total. The molecule has 2 aromatic heterocycles. The van der Waals surface area contributed by atoms with Crippen LogP contribution in [0, 0.1) is 5.82 Å². The number of rotatable bonds is 9. The number of pyridine rings is 1. The highest BCUT2D eigenvalue weighted by atomic mass is 35.5. The fourth-order valence-corrected chi connectivity index (χ4v) is 6.73. The molecule has 3 heterocycles. The van der Waals surface area contributed by atoms with Gasteiger partial charge in [-0.25, -0.2) is 17.8 Å². The summed E-state index contributed by atoms with van der Waals surface area (Å²) in [4.78, 5) is 7.68. The molecule has 1 fully saturated rings. The average Bonchev–Trinajstić information content (AvgIpc) is 3.54. The molecular weight excluding hydrogens is 549 g/mol. The molecule has 2 aromatic carbocycles. The van der Waals surface area contributed by atoms with Gasteiger partial charge in [0.25, 0.3) is 10.0 Å². The maximum absolute atomic E-state index is 14.9. The monoisotopic (exact) mass is 573 g/mol. The first-order chi connectivity index (χ1) is 18.2. The second-order valence-corrected chi connectivity index (χ2v) is 12.1. The molecule has 1 saturated heterocycles. The summed E-state index contributed by atoms with van der Waals surface area (Å²) in [5.74, 6) is -0.945. The van der Waals surface area contributed by atoms with Crippen LogP contribution >= 0.6 is 22.9 Å². The van der Waals surface area contributed by atoms with Gasteiger partial charge in [0.15, 0.2) is 5.13 Å². The van der Waals surface area contributed by atoms with Gasteiger partial charge in [0, 0.05) is 42.0 Å². The molecule has 5 rings (SSSR count). The summed E-state index contributed by atoms with van der Waals surface area (Å²) in [5, 5.41) is 18.7. The minimum atomic E-state index is -4.21. The summed E-state index contributed by atoms with van der Waals surface area (Å²) in [6.45, 7) is 0.754. The molecule has 0 saturated carbocycles. The van der Waals surface area contributed by atoms with E-state index in [-0.39, 0.29) is 15.8 Å². The van der Waals surface area contributed by atoms with Gasteiger partial charge in [-0.1, -0.05) is 41.9 Å². The van der Waals surface area contributed by atoms with E-state index < -0.39 is 32.4 Å². The van der Waals surface area contributed by atoms with Gasteiger partial charge in [0.05, 0.1) is 22.5 Å². The van der Waals surface area contributed by atoms with E-state index in [1.165, 1.54) is 6.20 Å². The number of nitrogens with one attached hydrogen (secondary N) is 3. The van der Waals surface area contributed by atoms with Crippen molar-refractivity contribution in [1.82, 2.24) is 15.3 Å². The van der Waals surface area contributed by atoms with Crippen molar-refractivity contribution >= 4 is 43.8 Å². The van der Waals surface area contributed by atoms with Crippen LogP contribution in [0.2, 0.25) is 5.02 Å². The highest BCUT2D eigenvalue weighted by Crippen LogP contribution is 2.32. The smallest absolute Gasteiger partial charge is 0.266 e. The number of benzene rings is 2. The van der Waals surface area contributed by atoms with Crippen molar-refractivity contribution in [1.29, 1.82) is 0 Å². The zero-order chi connectivity index (χ0) is 26.8. The number of nitrogens with zero attached hydrogens (tertiary/aromatic N) is 2. The number of hydrogen-bond donors (Lipinski definition) is 4. The van der Waals surface area contributed by atoms with E-state index in [0.717, 1.165) is 40.3 Å². The first-order valence-corrected chi connectivity index (χ1v) is 14.6. The van der Waals surface area contributed by atoms with Crippen LogP contribution in [0.5, 0.6) is 0 Å². The molecule has 8 nitrogen and oxygen atoms in total. The first-order valence-electron chi connectivity index (χ1n) is 11.8. The molecule has 0 spiro atoms. The third-order valence-corrected chi connectivity index (χ3v) is 8.86. The molecule has 1 aliphatic rings. The number of aliphatic hydroxyl groups is 1. The minimum absolute atomic E-state index is 0.0549. The molecule has 0 radical (unpaired) electrons. The van der Waals surface area contributed by atoms with Gasteiger partial charge in [-0.3, -0.25) is 9.71 Å². The Labute approximate surface area is 229 Å². The van der Waals surface area contributed by atoms with Gasteiger partial charge < -0.3 is 15.7 Å². The summed E-state index contributed by atoms with van der Waals surface area (Å²) in [5.41, 5.74) is 2.67. The van der Waals surface area contributed by atoms with Crippen LogP contribution in [0.25, 0.3) is 11.3 Å². The van der Waals surface area contributed by atoms with Crippen LogP contribution in [0.1, 0.15) is 12.0 Å².